The summed E-state index contributed by atoms with van der Waals surface area (Å²) in [7, 11) is 0. The molecule has 6 nitrogen and oxygen atoms in total. The van der Waals surface area contributed by atoms with E-state index in [0.717, 1.165) is 54.6 Å². The molecule has 6 rings (SSSR count). The van der Waals surface area contributed by atoms with Gasteiger partial charge in [0.05, 0.1) is 11.7 Å². The number of hydrogen-bond acceptors (Lipinski definition) is 6. The largest absolute Gasteiger partial charge is 0.286 e. The smallest absolute Gasteiger partial charge is 0.160 e. The van der Waals surface area contributed by atoms with Crippen LogP contribution in [0.4, 0.5) is 0 Å². The lowest BCUT2D eigenvalue weighted by molar-refractivity contribution is 0.980. The Morgan fingerprint density at radius 1 is 0.815 bits per heavy atom. The van der Waals surface area contributed by atoms with E-state index in [1.54, 1.807) is 12.4 Å². The van der Waals surface area contributed by atoms with Crippen LogP contribution in [0.1, 0.15) is 5.56 Å². The van der Waals surface area contributed by atoms with Gasteiger partial charge in [-0.05, 0) is 52.3 Å². The second-order valence-corrected chi connectivity index (χ2v) is 6.42. The van der Waals surface area contributed by atoms with Crippen LogP contribution in [-0.2, 0) is 0 Å². The Labute approximate surface area is 153 Å². The molecule has 0 unspecified atom stereocenters. The molecule has 1 N–H and O–H groups in total. The average molecular weight is 348 g/mol. The number of nitrogens with one attached hydrogen (secondary N) is 1. The minimum atomic E-state index is 0.740. The van der Waals surface area contributed by atoms with Crippen molar-refractivity contribution >= 4 is 55.3 Å². The van der Waals surface area contributed by atoms with Gasteiger partial charge in [-0.2, -0.15) is 15.3 Å². The third kappa shape index (κ3) is 1.92. The molecule has 0 radical (unpaired) electrons. The second-order valence-electron chi connectivity index (χ2n) is 6.42. The second kappa shape index (κ2) is 5.28. The molecule has 4 heterocycles. The lowest BCUT2D eigenvalue weighted by Gasteiger charge is -2.15. The van der Waals surface area contributed by atoms with Crippen molar-refractivity contribution in [2.45, 2.75) is 0 Å². The van der Waals surface area contributed by atoms with Gasteiger partial charge in [0.2, 0.25) is 0 Å². The van der Waals surface area contributed by atoms with Crippen LogP contribution in [0.5, 0.6) is 0 Å². The van der Waals surface area contributed by atoms with Crippen LogP contribution in [0.2, 0.25) is 0 Å². The maximum Gasteiger partial charge on any atom is 0.160 e. The molecule has 2 aromatic carbocycles. The van der Waals surface area contributed by atoms with Crippen molar-refractivity contribution in [3.8, 4) is 0 Å². The van der Waals surface area contributed by atoms with Gasteiger partial charge in [0, 0.05) is 46.4 Å². The summed E-state index contributed by atoms with van der Waals surface area (Å²) in [6, 6.07) is 8.21. The molecule has 0 amide bonds. The van der Waals surface area contributed by atoms with Crippen molar-refractivity contribution in [2.75, 3.05) is 0 Å². The van der Waals surface area contributed by atoms with Gasteiger partial charge in [0.1, 0.15) is 0 Å². The maximum atomic E-state index is 4.47. The summed E-state index contributed by atoms with van der Waals surface area (Å²) in [4.78, 5) is 8.94. The molecule has 0 bridgehead atoms. The summed E-state index contributed by atoms with van der Waals surface area (Å²) in [6.45, 7) is 0. The molecular formula is C21H12N6. The fourth-order valence-corrected chi connectivity index (χ4v) is 3.96. The number of pyridine rings is 2. The number of fused-ring (bicyclic) bond motifs is 2. The number of rotatable bonds is 1. The highest BCUT2D eigenvalue weighted by molar-refractivity contribution is 6.33. The third-order valence-corrected chi connectivity index (χ3v) is 5.05. The molecule has 0 aliphatic carbocycles. The molecule has 126 valence electrons. The molecule has 0 saturated carbocycles. The van der Waals surface area contributed by atoms with Gasteiger partial charge < -0.3 is 0 Å². The van der Waals surface area contributed by atoms with E-state index in [0.29, 0.717) is 0 Å². The van der Waals surface area contributed by atoms with Crippen LogP contribution in [0.3, 0.4) is 0 Å². The molecular weight excluding hydrogens is 336 g/mol. The Hall–Kier alpha value is -3.93. The van der Waals surface area contributed by atoms with Gasteiger partial charge in [-0.1, -0.05) is 6.07 Å². The Morgan fingerprint density at radius 2 is 1.70 bits per heavy atom. The first-order valence-corrected chi connectivity index (χ1v) is 8.60. The van der Waals surface area contributed by atoms with E-state index in [-0.39, 0.29) is 0 Å². The summed E-state index contributed by atoms with van der Waals surface area (Å²) >= 11 is 0. The van der Waals surface area contributed by atoms with Gasteiger partial charge >= 0.3 is 0 Å². The van der Waals surface area contributed by atoms with Crippen LogP contribution < -0.4 is 5.43 Å². The quantitative estimate of drug-likeness (QED) is 0.368. The van der Waals surface area contributed by atoms with Crippen LogP contribution in [0.15, 0.2) is 66.3 Å². The van der Waals surface area contributed by atoms with Crippen molar-refractivity contribution < 1.29 is 0 Å². The van der Waals surface area contributed by atoms with E-state index in [9.17, 15) is 0 Å². The number of hydrazone groups is 1. The zero-order valence-electron chi connectivity index (χ0n) is 14.1. The van der Waals surface area contributed by atoms with Crippen molar-refractivity contribution in [3.05, 3.63) is 66.8 Å². The van der Waals surface area contributed by atoms with E-state index in [2.05, 4.69) is 42.8 Å². The number of allylic oxidation sites excluding steroid dienone is 3. The monoisotopic (exact) mass is 348 g/mol. The minimum Gasteiger partial charge on any atom is -0.286 e. The molecule has 1 aliphatic heterocycles. The first kappa shape index (κ1) is 14.3. The molecule has 0 atom stereocenters. The fourth-order valence-electron chi connectivity index (χ4n) is 3.96. The topological polar surface area (TPSA) is 76.0 Å². The predicted octanol–water partition coefficient (Wildman–Crippen LogP) is 3.80. The Kier molecular flexibility index (Phi) is 2.79. The van der Waals surface area contributed by atoms with Crippen LogP contribution in [-0.4, -0.2) is 26.4 Å². The fraction of sp³-hybridized carbons (Fsp3) is 0. The third-order valence-electron chi connectivity index (χ3n) is 5.05. The molecule has 0 saturated heterocycles. The van der Waals surface area contributed by atoms with Crippen LogP contribution >= 0.6 is 0 Å². The SMILES string of the molecule is C1=CC(c2ccc3nncc4c5ccnc6nccc(c2c34)c65)=CC=NN1. The van der Waals surface area contributed by atoms with E-state index in [1.807, 2.05) is 42.9 Å². The van der Waals surface area contributed by atoms with Crippen LogP contribution in [0.25, 0.3) is 49.1 Å². The Morgan fingerprint density at radius 3 is 2.63 bits per heavy atom. The zero-order chi connectivity index (χ0) is 17.8. The first-order chi connectivity index (χ1) is 13.4. The standard InChI is InChI=1S/C21H12N6/c1-2-17-20-16(11-26-27-17)14-5-7-22-21-19(14)15(6-8-23-21)18(20)13(1)12-3-9-24-25-10-4-12/h1-11,24H. The van der Waals surface area contributed by atoms with Gasteiger partial charge in [-0.15, -0.1) is 0 Å². The van der Waals surface area contributed by atoms with Gasteiger partial charge in [-0.25, -0.2) is 9.97 Å². The number of hydrogen-bond donors (Lipinski definition) is 1. The van der Waals surface area contributed by atoms with Gasteiger partial charge in [-0.3, -0.25) is 5.43 Å². The molecule has 0 spiro atoms. The normalized spacial score (nSPS) is 14.1. The lowest BCUT2D eigenvalue weighted by Crippen LogP contribution is -1.96. The molecule has 5 aromatic rings. The van der Waals surface area contributed by atoms with E-state index in [1.165, 1.54) is 0 Å². The number of benzene rings is 2. The lowest BCUT2D eigenvalue weighted by atomic mass is 9.89. The highest BCUT2D eigenvalue weighted by Gasteiger charge is 2.18. The highest BCUT2D eigenvalue weighted by Crippen LogP contribution is 2.41. The minimum absolute atomic E-state index is 0.740. The van der Waals surface area contributed by atoms with Crippen molar-refractivity contribution in [1.82, 2.24) is 25.6 Å². The van der Waals surface area contributed by atoms with Gasteiger partial charge in [0.25, 0.3) is 0 Å². The van der Waals surface area contributed by atoms with Crippen molar-refractivity contribution in [3.63, 3.8) is 0 Å². The highest BCUT2D eigenvalue weighted by atomic mass is 15.3. The number of aromatic nitrogens is 4. The summed E-state index contributed by atoms with van der Waals surface area (Å²) < 4.78 is 0. The predicted molar refractivity (Wildman–Crippen MR) is 108 cm³/mol. The molecule has 0 fully saturated rings. The Bertz CT molecular complexity index is 1440. The first-order valence-electron chi connectivity index (χ1n) is 8.60. The van der Waals surface area contributed by atoms with E-state index in [4.69, 9.17) is 0 Å². The maximum absolute atomic E-state index is 4.47. The molecule has 27 heavy (non-hydrogen) atoms. The summed E-state index contributed by atoms with van der Waals surface area (Å²) in [5.74, 6) is 0. The van der Waals surface area contributed by atoms with Crippen molar-refractivity contribution in [1.29, 1.82) is 0 Å². The van der Waals surface area contributed by atoms with Crippen LogP contribution in [0, 0.1) is 0 Å². The van der Waals surface area contributed by atoms with E-state index >= 15 is 0 Å². The van der Waals surface area contributed by atoms with E-state index < -0.39 is 0 Å². The zero-order valence-corrected chi connectivity index (χ0v) is 14.1. The summed E-state index contributed by atoms with van der Waals surface area (Å²) in [5.41, 5.74) is 6.68. The number of nitrogens with zero attached hydrogens (tertiary/aromatic N) is 5. The summed E-state index contributed by atoms with van der Waals surface area (Å²) in [5, 5.41) is 19.3. The molecule has 3 aromatic heterocycles. The summed E-state index contributed by atoms with van der Waals surface area (Å²) in [6.07, 6.45) is 13.1. The Balaban J connectivity index is 1.93. The van der Waals surface area contributed by atoms with Crippen molar-refractivity contribution in [2.24, 2.45) is 5.10 Å². The molecule has 6 heteroatoms. The average Bonchev–Trinajstić information content (AvgIpc) is 3.01. The molecule has 1 aliphatic rings. The van der Waals surface area contributed by atoms with Gasteiger partial charge in [0.15, 0.2) is 5.65 Å².